The first kappa shape index (κ1) is 12.7. The van der Waals surface area contributed by atoms with Gasteiger partial charge in [-0.25, -0.2) is 0 Å². The summed E-state index contributed by atoms with van der Waals surface area (Å²) in [6.45, 7) is 1.33. The van der Waals surface area contributed by atoms with Crippen LogP contribution in [0, 0.1) is 0 Å². The number of hydrogen-bond donors (Lipinski definition) is 0. The zero-order valence-corrected chi connectivity index (χ0v) is 11.8. The van der Waals surface area contributed by atoms with E-state index in [-0.39, 0.29) is 11.3 Å². The maximum absolute atomic E-state index is 12.3. The number of methoxy groups -OCH3 is 1. The molecule has 1 fully saturated rings. The van der Waals surface area contributed by atoms with Gasteiger partial charge in [0.25, 0.3) is 5.91 Å². The number of hydrogen-bond acceptors (Lipinski definition) is 2. The Balaban J connectivity index is 2.24. The molecule has 1 unspecified atom stereocenters. The summed E-state index contributed by atoms with van der Waals surface area (Å²) in [6.07, 6.45) is 0.853. The van der Waals surface area contributed by atoms with Crippen LogP contribution in [-0.4, -0.2) is 36.4 Å². The molecule has 1 aliphatic rings. The van der Waals surface area contributed by atoms with E-state index in [1.165, 1.54) is 0 Å². The lowest BCUT2D eigenvalue weighted by molar-refractivity contribution is 0.0789. The van der Waals surface area contributed by atoms with Crippen LogP contribution >= 0.6 is 27.5 Å². The third-order valence-electron chi connectivity index (χ3n) is 2.81. The molecule has 17 heavy (non-hydrogen) atoms. The summed E-state index contributed by atoms with van der Waals surface area (Å²) < 4.78 is 6.11. The minimum absolute atomic E-state index is 0.0162. The Morgan fingerprint density at radius 1 is 1.59 bits per heavy atom. The Labute approximate surface area is 114 Å². The van der Waals surface area contributed by atoms with Crippen molar-refractivity contribution in [2.45, 2.75) is 11.8 Å². The second kappa shape index (κ2) is 5.27. The molecule has 0 aromatic heterocycles. The van der Waals surface area contributed by atoms with E-state index in [9.17, 15) is 4.79 Å². The molecule has 0 bridgehead atoms. The van der Waals surface area contributed by atoms with Gasteiger partial charge in [-0.3, -0.25) is 4.79 Å². The van der Waals surface area contributed by atoms with Crippen molar-refractivity contribution in [1.29, 1.82) is 0 Å². The lowest BCUT2D eigenvalue weighted by Crippen LogP contribution is -2.29. The Hall–Kier alpha value is -0.740. The molecule has 1 aromatic carbocycles. The number of benzene rings is 1. The third kappa shape index (κ3) is 2.75. The summed E-state index contributed by atoms with van der Waals surface area (Å²) in [7, 11) is 1.56. The molecule has 1 heterocycles. The highest BCUT2D eigenvalue weighted by molar-refractivity contribution is 9.10. The molecular weight excluding hydrogens is 305 g/mol. The molecule has 1 saturated heterocycles. The van der Waals surface area contributed by atoms with Gasteiger partial charge in [0.1, 0.15) is 5.75 Å². The molecule has 0 saturated carbocycles. The van der Waals surface area contributed by atoms with Crippen LogP contribution in [0.3, 0.4) is 0 Å². The molecule has 2 rings (SSSR count). The second-order valence-electron chi connectivity index (χ2n) is 3.98. The second-order valence-corrected chi connectivity index (χ2v) is 5.51. The number of halogens is 2. The van der Waals surface area contributed by atoms with Crippen molar-refractivity contribution in [2.24, 2.45) is 0 Å². The van der Waals surface area contributed by atoms with Gasteiger partial charge in [0.2, 0.25) is 0 Å². The smallest absolute Gasteiger partial charge is 0.257 e. The van der Waals surface area contributed by atoms with Crippen molar-refractivity contribution in [3.63, 3.8) is 0 Å². The maximum atomic E-state index is 12.3. The first-order valence-electron chi connectivity index (χ1n) is 5.38. The summed E-state index contributed by atoms with van der Waals surface area (Å²) in [5.41, 5.74) is 0.585. The van der Waals surface area contributed by atoms with Gasteiger partial charge in [0.15, 0.2) is 0 Å². The third-order valence-corrected chi connectivity index (χ3v) is 3.66. The first-order valence-corrected chi connectivity index (χ1v) is 6.61. The zero-order valence-electron chi connectivity index (χ0n) is 9.45. The molecule has 1 atom stereocenters. The van der Waals surface area contributed by atoms with Crippen LogP contribution in [0.15, 0.2) is 22.7 Å². The molecule has 0 radical (unpaired) electrons. The normalized spacial score (nSPS) is 19.5. The minimum atomic E-state index is -0.0162. The fourth-order valence-corrected chi connectivity index (χ4v) is 2.52. The fourth-order valence-electron chi connectivity index (χ4n) is 1.91. The van der Waals surface area contributed by atoms with E-state index in [2.05, 4.69) is 15.9 Å². The van der Waals surface area contributed by atoms with Crippen LogP contribution < -0.4 is 4.74 Å². The number of amides is 1. The van der Waals surface area contributed by atoms with Gasteiger partial charge in [-0.15, -0.1) is 11.6 Å². The highest BCUT2D eigenvalue weighted by Crippen LogP contribution is 2.26. The average Bonchev–Trinajstić information content (AvgIpc) is 2.75. The van der Waals surface area contributed by atoms with Crippen molar-refractivity contribution >= 4 is 33.4 Å². The first-order chi connectivity index (χ1) is 8.11. The standard InChI is InChI=1S/C12H13BrClNO2/c1-17-11-6-8(13)2-3-10(11)12(16)15-5-4-9(14)7-15/h2-3,6,9H,4-5,7H2,1H3. The van der Waals surface area contributed by atoms with E-state index in [1.807, 2.05) is 6.07 Å². The lowest BCUT2D eigenvalue weighted by Gasteiger charge is -2.17. The van der Waals surface area contributed by atoms with Crippen molar-refractivity contribution in [1.82, 2.24) is 4.90 Å². The van der Waals surface area contributed by atoms with Gasteiger partial charge in [0, 0.05) is 17.6 Å². The van der Waals surface area contributed by atoms with Crippen LogP contribution in [-0.2, 0) is 0 Å². The van der Waals surface area contributed by atoms with E-state index in [0.717, 1.165) is 10.9 Å². The number of likely N-dealkylation sites (tertiary alicyclic amines) is 1. The van der Waals surface area contributed by atoms with E-state index >= 15 is 0 Å². The Bertz CT molecular complexity index is 439. The van der Waals surface area contributed by atoms with Crippen LogP contribution in [0.2, 0.25) is 0 Å². The SMILES string of the molecule is COc1cc(Br)ccc1C(=O)N1CCC(Cl)C1. The molecule has 92 valence electrons. The minimum Gasteiger partial charge on any atom is -0.496 e. The molecule has 1 aliphatic heterocycles. The van der Waals surface area contributed by atoms with Crippen molar-refractivity contribution in [3.8, 4) is 5.75 Å². The number of ether oxygens (including phenoxy) is 1. The van der Waals surface area contributed by atoms with Crippen LogP contribution in [0.25, 0.3) is 0 Å². The van der Waals surface area contributed by atoms with Crippen LogP contribution in [0.1, 0.15) is 16.8 Å². The number of nitrogens with zero attached hydrogens (tertiary/aromatic N) is 1. The molecule has 0 N–H and O–H groups in total. The molecule has 1 amide bonds. The number of rotatable bonds is 2. The fraction of sp³-hybridized carbons (Fsp3) is 0.417. The largest absolute Gasteiger partial charge is 0.496 e. The highest BCUT2D eigenvalue weighted by atomic mass is 79.9. The lowest BCUT2D eigenvalue weighted by atomic mass is 10.2. The van der Waals surface area contributed by atoms with Gasteiger partial charge in [-0.05, 0) is 24.6 Å². The monoisotopic (exact) mass is 317 g/mol. The number of alkyl halides is 1. The quantitative estimate of drug-likeness (QED) is 0.785. The molecule has 0 aliphatic carbocycles. The average molecular weight is 319 g/mol. The van der Waals surface area contributed by atoms with Crippen LogP contribution in [0.4, 0.5) is 0 Å². The van der Waals surface area contributed by atoms with Crippen molar-refractivity contribution < 1.29 is 9.53 Å². The predicted molar refractivity (Wildman–Crippen MR) is 70.9 cm³/mol. The van der Waals surface area contributed by atoms with Crippen molar-refractivity contribution in [2.75, 3.05) is 20.2 Å². The van der Waals surface area contributed by atoms with E-state index in [4.69, 9.17) is 16.3 Å². The number of carbonyl (C=O) groups excluding carboxylic acids is 1. The molecule has 1 aromatic rings. The Morgan fingerprint density at radius 2 is 2.35 bits per heavy atom. The summed E-state index contributed by atoms with van der Waals surface area (Å²) in [5, 5.41) is 0.0698. The summed E-state index contributed by atoms with van der Waals surface area (Å²) in [6, 6.07) is 5.40. The molecule has 5 heteroatoms. The van der Waals surface area contributed by atoms with E-state index in [1.54, 1.807) is 24.1 Å². The van der Waals surface area contributed by atoms with Gasteiger partial charge >= 0.3 is 0 Å². The number of carbonyl (C=O) groups is 1. The summed E-state index contributed by atoms with van der Waals surface area (Å²) in [4.78, 5) is 14.0. The van der Waals surface area contributed by atoms with Gasteiger partial charge < -0.3 is 9.64 Å². The predicted octanol–water partition coefficient (Wildman–Crippen LogP) is 2.91. The molecular formula is C12H13BrClNO2. The Kier molecular flexibility index (Phi) is 3.94. The molecule has 3 nitrogen and oxygen atoms in total. The topological polar surface area (TPSA) is 29.5 Å². The zero-order chi connectivity index (χ0) is 12.4. The van der Waals surface area contributed by atoms with E-state index < -0.39 is 0 Å². The van der Waals surface area contributed by atoms with E-state index in [0.29, 0.717) is 24.4 Å². The van der Waals surface area contributed by atoms with Gasteiger partial charge in [-0.1, -0.05) is 15.9 Å². The Morgan fingerprint density at radius 3 is 2.94 bits per heavy atom. The molecule has 0 spiro atoms. The summed E-state index contributed by atoms with van der Waals surface area (Å²) >= 11 is 9.36. The maximum Gasteiger partial charge on any atom is 0.257 e. The van der Waals surface area contributed by atoms with Gasteiger partial charge in [-0.2, -0.15) is 0 Å². The van der Waals surface area contributed by atoms with Crippen molar-refractivity contribution in [3.05, 3.63) is 28.2 Å². The highest BCUT2D eigenvalue weighted by Gasteiger charge is 2.27. The summed E-state index contributed by atoms with van der Waals surface area (Å²) in [5.74, 6) is 0.569. The van der Waals surface area contributed by atoms with Crippen LogP contribution in [0.5, 0.6) is 5.75 Å². The van der Waals surface area contributed by atoms with Gasteiger partial charge in [0.05, 0.1) is 18.1 Å².